The van der Waals surface area contributed by atoms with Gasteiger partial charge in [-0.15, -0.1) is 0 Å². The van der Waals surface area contributed by atoms with Crippen molar-refractivity contribution in [3.05, 3.63) is 30.1 Å². The van der Waals surface area contributed by atoms with E-state index in [1.54, 1.807) is 4.90 Å². The number of halogens is 1. The number of quaternary nitrogens is 1. The Balaban J connectivity index is 1.38. The van der Waals surface area contributed by atoms with Crippen molar-refractivity contribution >= 4 is 15.9 Å². The molecule has 0 unspecified atom stereocenters. The normalized spacial score (nSPS) is 24.3. The molecule has 2 heterocycles. The van der Waals surface area contributed by atoms with Crippen LogP contribution in [-0.2, 0) is 14.8 Å². The third kappa shape index (κ3) is 5.99. The van der Waals surface area contributed by atoms with E-state index >= 15 is 0 Å². The Bertz CT molecular complexity index is 769. The molecule has 2 aliphatic heterocycles. The smallest absolute Gasteiger partial charge is 0.243 e. The van der Waals surface area contributed by atoms with Gasteiger partial charge in [-0.2, -0.15) is 4.31 Å². The molecular formula is C21H33FN3O3S+. The summed E-state index contributed by atoms with van der Waals surface area (Å²) in [5.41, 5.74) is 0. The van der Waals surface area contributed by atoms with E-state index in [0.29, 0.717) is 32.5 Å². The number of benzene rings is 1. The Morgan fingerprint density at radius 2 is 1.76 bits per heavy atom. The third-order valence-corrected chi connectivity index (χ3v) is 8.18. The lowest BCUT2D eigenvalue weighted by molar-refractivity contribution is -0.906. The molecular weight excluding hydrogens is 393 g/mol. The van der Waals surface area contributed by atoms with E-state index in [1.807, 2.05) is 0 Å². The Hall–Kier alpha value is -1.51. The highest BCUT2D eigenvalue weighted by molar-refractivity contribution is 7.89. The van der Waals surface area contributed by atoms with E-state index in [1.165, 1.54) is 42.4 Å². The van der Waals surface area contributed by atoms with Crippen LogP contribution in [0.4, 0.5) is 4.39 Å². The lowest BCUT2D eigenvalue weighted by Crippen LogP contribution is -3.13. The average Bonchev–Trinajstić information content (AvgIpc) is 2.73. The molecule has 2 N–H and O–H groups in total. The zero-order chi connectivity index (χ0) is 20.9. The molecule has 29 heavy (non-hydrogen) atoms. The summed E-state index contributed by atoms with van der Waals surface area (Å²) in [6, 6.07) is 4.88. The maximum atomic E-state index is 13.1. The Labute approximate surface area is 173 Å². The average molecular weight is 427 g/mol. The molecule has 0 atom stereocenters. The highest BCUT2D eigenvalue weighted by atomic mass is 32.2. The minimum atomic E-state index is -3.63. The summed E-state index contributed by atoms with van der Waals surface area (Å²) in [6.07, 6.45) is 4.60. The molecule has 1 aromatic carbocycles. The van der Waals surface area contributed by atoms with Crippen molar-refractivity contribution in [2.75, 3.05) is 39.3 Å². The van der Waals surface area contributed by atoms with Crippen LogP contribution in [0.5, 0.6) is 0 Å². The maximum Gasteiger partial charge on any atom is 0.243 e. The predicted molar refractivity (Wildman–Crippen MR) is 109 cm³/mol. The molecule has 1 aromatic rings. The Morgan fingerprint density at radius 3 is 2.38 bits per heavy atom. The van der Waals surface area contributed by atoms with Gasteiger partial charge in [0, 0.05) is 32.0 Å². The van der Waals surface area contributed by atoms with E-state index in [4.69, 9.17) is 0 Å². The van der Waals surface area contributed by atoms with Gasteiger partial charge >= 0.3 is 0 Å². The summed E-state index contributed by atoms with van der Waals surface area (Å²) in [5, 5.41) is 3.03. The topological polar surface area (TPSA) is 70.9 Å². The van der Waals surface area contributed by atoms with Gasteiger partial charge < -0.3 is 10.2 Å². The SMILES string of the molecule is CC1CC[NH+](CCCNC(=O)C2CCN(S(=O)(=O)c3ccc(F)cc3)CC2)CC1. The van der Waals surface area contributed by atoms with Crippen LogP contribution in [0, 0.1) is 17.7 Å². The molecule has 8 heteroatoms. The standard InChI is InChI=1S/C21H32FN3O3S/c1-17-7-13-24(14-8-17)12-2-11-23-21(26)18-9-15-25(16-10-18)29(27,28)20-5-3-19(22)4-6-20/h3-6,17-18H,2,7-16H2,1H3,(H,23,26)/p+1. The minimum absolute atomic E-state index is 0.0334. The number of piperidine rings is 2. The molecule has 3 rings (SSSR count). The summed E-state index contributed by atoms with van der Waals surface area (Å²) in [5.74, 6) is 0.274. The number of carbonyl (C=O) groups is 1. The number of nitrogens with zero attached hydrogens (tertiary/aromatic N) is 1. The van der Waals surface area contributed by atoms with E-state index in [9.17, 15) is 17.6 Å². The van der Waals surface area contributed by atoms with Crippen LogP contribution in [0.25, 0.3) is 0 Å². The van der Waals surface area contributed by atoms with Gasteiger partial charge in [0.15, 0.2) is 0 Å². The number of amides is 1. The first-order valence-electron chi connectivity index (χ1n) is 10.7. The Kier molecular flexibility index (Phi) is 7.65. The lowest BCUT2D eigenvalue weighted by Gasteiger charge is -2.30. The van der Waals surface area contributed by atoms with Gasteiger partial charge in [-0.25, -0.2) is 12.8 Å². The molecule has 6 nitrogen and oxygen atoms in total. The molecule has 2 aliphatic rings. The van der Waals surface area contributed by atoms with Crippen LogP contribution in [0.1, 0.15) is 39.0 Å². The summed E-state index contributed by atoms with van der Waals surface area (Å²) < 4.78 is 39.8. The van der Waals surface area contributed by atoms with Gasteiger partial charge in [0.1, 0.15) is 5.82 Å². The van der Waals surface area contributed by atoms with E-state index in [0.717, 1.165) is 31.0 Å². The molecule has 0 aromatic heterocycles. The second kappa shape index (κ2) is 10.00. The summed E-state index contributed by atoms with van der Waals surface area (Å²) in [6.45, 7) is 7.19. The number of carbonyl (C=O) groups excluding carboxylic acids is 1. The first kappa shape index (κ1) is 22.2. The van der Waals surface area contributed by atoms with Gasteiger partial charge in [-0.1, -0.05) is 6.92 Å². The van der Waals surface area contributed by atoms with E-state index in [2.05, 4.69) is 12.2 Å². The van der Waals surface area contributed by atoms with Crippen LogP contribution in [0.2, 0.25) is 0 Å². The first-order valence-corrected chi connectivity index (χ1v) is 12.2. The second-order valence-electron chi connectivity index (χ2n) is 8.46. The van der Waals surface area contributed by atoms with Crippen molar-refractivity contribution in [2.24, 2.45) is 11.8 Å². The summed E-state index contributed by atoms with van der Waals surface area (Å²) in [4.78, 5) is 14.2. The van der Waals surface area contributed by atoms with Gasteiger partial charge in [0.25, 0.3) is 0 Å². The second-order valence-corrected chi connectivity index (χ2v) is 10.4. The van der Waals surface area contributed by atoms with Crippen LogP contribution in [-0.4, -0.2) is 57.9 Å². The van der Waals surface area contributed by atoms with Crippen LogP contribution in [0.3, 0.4) is 0 Å². The van der Waals surface area contributed by atoms with Crippen molar-refractivity contribution in [1.29, 1.82) is 0 Å². The molecule has 1 amide bonds. The molecule has 0 spiro atoms. The van der Waals surface area contributed by atoms with Crippen LogP contribution < -0.4 is 10.2 Å². The first-order chi connectivity index (χ1) is 13.9. The fourth-order valence-electron chi connectivity index (χ4n) is 4.23. The number of likely N-dealkylation sites (tertiary alicyclic amines) is 1. The number of hydrogen-bond acceptors (Lipinski definition) is 3. The van der Waals surface area contributed by atoms with Gasteiger partial charge in [-0.05, 0) is 55.9 Å². The molecule has 2 saturated heterocycles. The van der Waals surface area contributed by atoms with E-state index < -0.39 is 15.8 Å². The minimum Gasteiger partial charge on any atom is -0.356 e. The summed E-state index contributed by atoms with van der Waals surface area (Å²) in [7, 11) is -3.63. The molecule has 0 saturated carbocycles. The van der Waals surface area contributed by atoms with Crippen molar-refractivity contribution in [2.45, 2.75) is 43.9 Å². The van der Waals surface area contributed by atoms with E-state index in [-0.39, 0.29) is 16.7 Å². The highest BCUT2D eigenvalue weighted by Gasteiger charge is 2.32. The van der Waals surface area contributed by atoms with Crippen molar-refractivity contribution in [1.82, 2.24) is 9.62 Å². The lowest BCUT2D eigenvalue weighted by atomic mass is 9.97. The highest BCUT2D eigenvalue weighted by Crippen LogP contribution is 2.24. The zero-order valence-electron chi connectivity index (χ0n) is 17.2. The number of rotatable bonds is 7. The molecule has 0 radical (unpaired) electrons. The zero-order valence-corrected chi connectivity index (χ0v) is 18.0. The molecule has 162 valence electrons. The van der Waals surface area contributed by atoms with Crippen LogP contribution >= 0.6 is 0 Å². The van der Waals surface area contributed by atoms with Gasteiger partial charge in [0.2, 0.25) is 15.9 Å². The largest absolute Gasteiger partial charge is 0.356 e. The fraction of sp³-hybridized carbons (Fsp3) is 0.667. The van der Waals surface area contributed by atoms with Crippen molar-refractivity contribution in [3.8, 4) is 0 Å². The quantitative estimate of drug-likeness (QED) is 0.641. The predicted octanol–water partition coefficient (Wildman–Crippen LogP) is 1.05. The monoisotopic (exact) mass is 426 g/mol. The number of sulfonamides is 1. The van der Waals surface area contributed by atoms with Gasteiger partial charge in [0.05, 0.1) is 24.5 Å². The third-order valence-electron chi connectivity index (χ3n) is 6.26. The summed E-state index contributed by atoms with van der Waals surface area (Å²) >= 11 is 0. The van der Waals surface area contributed by atoms with Crippen LogP contribution in [0.15, 0.2) is 29.2 Å². The molecule has 0 bridgehead atoms. The number of hydrogen-bond donors (Lipinski definition) is 2. The fourth-order valence-corrected chi connectivity index (χ4v) is 5.70. The van der Waals surface area contributed by atoms with Crippen molar-refractivity contribution in [3.63, 3.8) is 0 Å². The Morgan fingerprint density at radius 1 is 1.14 bits per heavy atom. The van der Waals surface area contributed by atoms with Gasteiger partial charge in [-0.3, -0.25) is 4.79 Å². The molecule has 2 fully saturated rings. The molecule has 0 aliphatic carbocycles. The number of nitrogens with one attached hydrogen (secondary N) is 2. The van der Waals surface area contributed by atoms with Crippen molar-refractivity contribution < 1.29 is 22.5 Å². The maximum absolute atomic E-state index is 13.1.